The van der Waals surface area contributed by atoms with Gasteiger partial charge in [-0.2, -0.15) is 5.10 Å². The average Bonchev–Trinajstić information content (AvgIpc) is 3.28. The number of nitro groups is 2. The molecule has 0 fully saturated rings. The number of rotatable bonds is 8. The summed E-state index contributed by atoms with van der Waals surface area (Å²) in [4.78, 5) is 37.4. The summed E-state index contributed by atoms with van der Waals surface area (Å²) in [5.74, 6) is -0.186. The molecule has 0 atom stereocenters. The molecule has 0 aliphatic rings. The number of fused-ring (bicyclic) bond motifs is 1. The van der Waals surface area contributed by atoms with Gasteiger partial charge in [0.25, 0.3) is 11.6 Å². The summed E-state index contributed by atoms with van der Waals surface area (Å²) in [6.45, 7) is 0. The number of carbonyl (C=O) groups excluding carboxylic acids is 1. The van der Waals surface area contributed by atoms with Crippen LogP contribution in [-0.4, -0.2) is 33.6 Å². The fourth-order valence-electron chi connectivity index (χ4n) is 3.43. The summed E-state index contributed by atoms with van der Waals surface area (Å²) in [7, 11) is 1.47. The Kier molecular flexibility index (Phi) is 6.35. The maximum Gasteiger partial charge on any atom is 0.301 e. The molecule has 0 saturated heterocycles. The van der Waals surface area contributed by atoms with E-state index in [1.54, 1.807) is 42.6 Å². The van der Waals surface area contributed by atoms with Gasteiger partial charge in [-0.15, -0.1) is 0 Å². The highest BCUT2D eigenvalue weighted by Crippen LogP contribution is 2.30. The Labute approximate surface area is 197 Å². The van der Waals surface area contributed by atoms with Gasteiger partial charge in [0.15, 0.2) is 5.71 Å². The molecule has 3 aromatic carbocycles. The van der Waals surface area contributed by atoms with E-state index < -0.39 is 27.1 Å². The summed E-state index contributed by atoms with van der Waals surface area (Å²) >= 11 is 0. The van der Waals surface area contributed by atoms with Gasteiger partial charge in [-0.25, -0.2) is 0 Å². The molecule has 0 saturated carbocycles. The van der Waals surface area contributed by atoms with E-state index in [-0.39, 0.29) is 11.4 Å². The van der Waals surface area contributed by atoms with E-state index in [4.69, 9.17) is 4.74 Å². The number of nitrogens with one attached hydrogen (secondary N) is 3. The molecule has 3 N–H and O–H groups in total. The average molecular weight is 474 g/mol. The first-order chi connectivity index (χ1) is 16.9. The van der Waals surface area contributed by atoms with Crippen LogP contribution in [0.15, 0.2) is 78.0 Å². The van der Waals surface area contributed by atoms with Gasteiger partial charge in [0.05, 0.1) is 28.7 Å². The second-order valence-electron chi connectivity index (χ2n) is 7.19. The number of hydrazone groups is 1. The lowest BCUT2D eigenvalue weighted by Crippen LogP contribution is -2.25. The highest BCUT2D eigenvalue weighted by atomic mass is 16.6. The highest BCUT2D eigenvalue weighted by Gasteiger charge is 2.22. The lowest BCUT2D eigenvalue weighted by Gasteiger charge is -2.11. The van der Waals surface area contributed by atoms with Crippen molar-refractivity contribution in [1.29, 1.82) is 0 Å². The molecule has 4 rings (SSSR count). The predicted octanol–water partition coefficient (Wildman–Crippen LogP) is 4.45. The van der Waals surface area contributed by atoms with E-state index in [0.717, 1.165) is 23.7 Å². The quantitative estimate of drug-likeness (QED) is 0.193. The summed E-state index contributed by atoms with van der Waals surface area (Å²) < 4.78 is 5.28. The van der Waals surface area contributed by atoms with Crippen LogP contribution in [0, 0.1) is 20.2 Å². The number of non-ortho nitro benzene ring substituents is 1. The van der Waals surface area contributed by atoms with E-state index in [1.165, 1.54) is 7.11 Å². The van der Waals surface area contributed by atoms with Crippen LogP contribution < -0.4 is 15.5 Å². The molecule has 4 aromatic rings. The van der Waals surface area contributed by atoms with Crippen LogP contribution in [0.3, 0.4) is 0 Å². The van der Waals surface area contributed by atoms with Gasteiger partial charge in [0.2, 0.25) is 0 Å². The lowest BCUT2D eigenvalue weighted by molar-refractivity contribution is -0.393. The predicted molar refractivity (Wildman–Crippen MR) is 130 cm³/mol. The van der Waals surface area contributed by atoms with E-state index in [0.29, 0.717) is 22.4 Å². The second kappa shape index (κ2) is 9.70. The Morgan fingerprint density at radius 1 is 0.971 bits per heavy atom. The number of hydrogen-bond donors (Lipinski definition) is 3. The molecule has 35 heavy (non-hydrogen) atoms. The third kappa shape index (κ3) is 4.75. The van der Waals surface area contributed by atoms with Crippen molar-refractivity contribution >= 4 is 45.3 Å². The Balaban J connectivity index is 1.77. The molecule has 12 nitrogen and oxygen atoms in total. The number of nitrogens with zero attached hydrogens (tertiary/aromatic N) is 3. The van der Waals surface area contributed by atoms with Crippen LogP contribution in [0.5, 0.6) is 5.75 Å². The number of methoxy groups -OCH3 is 1. The summed E-state index contributed by atoms with van der Waals surface area (Å²) in [6, 6.07) is 17.1. The molecule has 0 aliphatic heterocycles. The summed E-state index contributed by atoms with van der Waals surface area (Å²) in [6.07, 6.45) is 1.59. The van der Waals surface area contributed by atoms with Crippen LogP contribution in [0.4, 0.5) is 22.7 Å². The number of para-hydroxylation sites is 3. The van der Waals surface area contributed by atoms with Crippen molar-refractivity contribution in [2.24, 2.45) is 5.10 Å². The number of anilines is 2. The van der Waals surface area contributed by atoms with E-state index in [2.05, 4.69) is 20.8 Å². The number of aromatic nitrogens is 1. The minimum Gasteiger partial charge on any atom is -0.495 e. The molecule has 0 unspecified atom stereocenters. The first kappa shape index (κ1) is 22.9. The Hall–Kier alpha value is -5.26. The second-order valence-corrected chi connectivity index (χ2v) is 7.19. The van der Waals surface area contributed by atoms with Crippen molar-refractivity contribution in [1.82, 2.24) is 4.98 Å². The van der Waals surface area contributed by atoms with Crippen molar-refractivity contribution in [3.8, 4) is 5.75 Å². The summed E-state index contributed by atoms with van der Waals surface area (Å²) in [5.41, 5.74) is 2.90. The Bertz CT molecular complexity index is 1480. The van der Waals surface area contributed by atoms with Gasteiger partial charge >= 0.3 is 5.69 Å². The van der Waals surface area contributed by atoms with Gasteiger partial charge < -0.3 is 15.0 Å². The summed E-state index contributed by atoms with van der Waals surface area (Å²) in [5, 5.41) is 30.1. The van der Waals surface area contributed by atoms with Crippen LogP contribution in [0.1, 0.15) is 5.56 Å². The maximum atomic E-state index is 13.3. The number of H-pyrrole nitrogens is 1. The molecular formula is C23H18N6O6. The normalized spacial score (nSPS) is 11.2. The zero-order valence-corrected chi connectivity index (χ0v) is 18.2. The molecule has 176 valence electrons. The molecule has 0 spiro atoms. The first-order valence-corrected chi connectivity index (χ1v) is 10.2. The maximum absolute atomic E-state index is 13.3. The minimum atomic E-state index is -0.773. The van der Waals surface area contributed by atoms with Gasteiger partial charge in [-0.3, -0.25) is 30.4 Å². The molecule has 1 amide bonds. The number of hydrogen-bond acceptors (Lipinski definition) is 8. The zero-order chi connectivity index (χ0) is 24.9. The fraction of sp³-hybridized carbons (Fsp3) is 0.0435. The lowest BCUT2D eigenvalue weighted by atomic mass is 10.1. The molecule has 0 aliphatic carbocycles. The fourth-order valence-corrected chi connectivity index (χ4v) is 3.43. The highest BCUT2D eigenvalue weighted by molar-refractivity contribution is 6.50. The standard InChI is InChI=1S/C23H18N6O6/c1-35-21-9-5-4-8-19(21)25-23(30)22(16-13-24-17-7-3-2-6-15(16)17)27-26-18-11-10-14(28(31)32)12-20(18)29(33)34/h2-13,24,26H,1H3,(H,25,30)/b27-22+. The zero-order valence-electron chi connectivity index (χ0n) is 18.2. The van der Waals surface area contributed by atoms with Gasteiger partial charge in [-0.1, -0.05) is 30.3 Å². The van der Waals surface area contributed by atoms with Crippen LogP contribution in [0.2, 0.25) is 0 Å². The third-order valence-corrected chi connectivity index (χ3v) is 5.09. The van der Waals surface area contributed by atoms with E-state index in [1.807, 2.05) is 12.1 Å². The molecule has 12 heteroatoms. The van der Waals surface area contributed by atoms with E-state index in [9.17, 15) is 25.0 Å². The Morgan fingerprint density at radius 3 is 2.46 bits per heavy atom. The minimum absolute atomic E-state index is 0.0824. The number of benzene rings is 3. The SMILES string of the molecule is COc1ccccc1NC(=O)/C(=N/Nc1ccc([N+](=O)[O-])cc1[N+](=O)[O-])c1c[nH]c2ccccc12. The molecule has 0 bridgehead atoms. The van der Waals surface area contributed by atoms with Crippen LogP contribution >= 0.6 is 0 Å². The number of aromatic amines is 1. The number of ether oxygens (including phenoxy) is 1. The van der Waals surface area contributed by atoms with E-state index >= 15 is 0 Å². The number of carbonyl (C=O) groups is 1. The van der Waals surface area contributed by atoms with Crippen molar-refractivity contribution in [2.75, 3.05) is 17.9 Å². The first-order valence-electron chi connectivity index (χ1n) is 10.2. The van der Waals surface area contributed by atoms with Crippen molar-refractivity contribution in [2.45, 2.75) is 0 Å². The van der Waals surface area contributed by atoms with Gasteiger partial charge in [0, 0.05) is 28.7 Å². The smallest absolute Gasteiger partial charge is 0.301 e. The Morgan fingerprint density at radius 2 is 1.71 bits per heavy atom. The van der Waals surface area contributed by atoms with Gasteiger partial charge in [-0.05, 0) is 24.3 Å². The molecular weight excluding hydrogens is 456 g/mol. The van der Waals surface area contributed by atoms with Crippen LogP contribution in [-0.2, 0) is 4.79 Å². The molecule has 1 heterocycles. The third-order valence-electron chi connectivity index (χ3n) is 5.09. The molecule has 1 aromatic heterocycles. The monoisotopic (exact) mass is 474 g/mol. The number of nitro benzene ring substituents is 2. The largest absolute Gasteiger partial charge is 0.495 e. The van der Waals surface area contributed by atoms with Gasteiger partial charge in [0.1, 0.15) is 11.4 Å². The van der Waals surface area contributed by atoms with Crippen molar-refractivity contribution in [3.63, 3.8) is 0 Å². The topological polar surface area (TPSA) is 165 Å². The number of amides is 1. The van der Waals surface area contributed by atoms with Crippen molar-refractivity contribution < 1.29 is 19.4 Å². The van der Waals surface area contributed by atoms with Crippen molar-refractivity contribution in [3.05, 3.63) is 98.7 Å². The van der Waals surface area contributed by atoms with Crippen LogP contribution in [0.25, 0.3) is 10.9 Å². The molecule has 0 radical (unpaired) electrons.